The van der Waals surface area contributed by atoms with E-state index in [1.165, 1.54) is 42.7 Å². The number of aromatic nitrogens is 1. The van der Waals surface area contributed by atoms with Gasteiger partial charge in [-0.1, -0.05) is 37.3 Å². The van der Waals surface area contributed by atoms with Gasteiger partial charge in [-0.25, -0.2) is 4.98 Å². The fourth-order valence-corrected chi connectivity index (χ4v) is 4.65. The molecule has 4 N–H and O–H groups in total. The van der Waals surface area contributed by atoms with Gasteiger partial charge in [0.15, 0.2) is 11.4 Å². The number of alkyl halides is 3. The number of hydrogen-bond donors (Lipinski definition) is 3. The molecule has 2 aromatic rings. The van der Waals surface area contributed by atoms with Crippen LogP contribution in [-0.4, -0.2) is 61.0 Å². The van der Waals surface area contributed by atoms with Crippen LogP contribution in [0.5, 0.6) is 0 Å². The first kappa shape index (κ1) is 35.0. The lowest BCUT2D eigenvalue weighted by Crippen LogP contribution is -2.36. The quantitative estimate of drug-likeness (QED) is 0.236. The first-order valence-electron chi connectivity index (χ1n) is 14.2. The van der Waals surface area contributed by atoms with Gasteiger partial charge in [0.2, 0.25) is 0 Å². The topological polar surface area (TPSA) is 110 Å². The van der Waals surface area contributed by atoms with E-state index in [2.05, 4.69) is 15.6 Å². The predicted molar refractivity (Wildman–Crippen MR) is 162 cm³/mol. The van der Waals surface area contributed by atoms with Crippen LogP contribution in [0.25, 0.3) is 0 Å². The number of ether oxygens (including phenoxy) is 1. The van der Waals surface area contributed by atoms with E-state index in [0.717, 1.165) is 23.1 Å². The van der Waals surface area contributed by atoms with Crippen LogP contribution < -0.4 is 16.4 Å². The number of carbonyl (C=O) groups is 2. The van der Waals surface area contributed by atoms with Gasteiger partial charge in [0.1, 0.15) is 0 Å². The van der Waals surface area contributed by atoms with Gasteiger partial charge in [-0.15, -0.1) is 0 Å². The molecule has 2 fully saturated rings. The highest BCUT2D eigenvalue weighted by Gasteiger charge is 2.34. The monoisotopic (exact) mass is 609 g/mol. The fourth-order valence-electron chi connectivity index (χ4n) is 3.94. The number of nitrogens with one attached hydrogen (secondary N) is 2. The number of halogens is 3. The minimum atomic E-state index is -4.54. The summed E-state index contributed by atoms with van der Waals surface area (Å²) in [5, 5.41) is 6.73. The average Bonchev–Trinajstić information content (AvgIpc) is 3.44. The Labute approximate surface area is 250 Å². The van der Waals surface area contributed by atoms with Crippen LogP contribution >= 0.6 is 11.3 Å². The highest BCUT2D eigenvalue weighted by molar-refractivity contribution is 7.17. The van der Waals surface area contributed by atoms with Crippen molar-refractivity contribution in [2.75, 3.05) is 38.2 Å². The number of morpholine rings is 1. The molecule has 2 heterocycles. The summed E-state index contributed by atoms with van der Waals surface area (Å²) in [7, 11) is 0. The molecule has 1 aromatic carbocycles. The van der Waals surface area contributed by atoms with Gasteiger partial charge >= 0.3 is 6.18 Å². The van der Waals surface area contributed by atoms with Crippen molar-refractivity contribution in [2.24, 2.45) is 5.73 Å². The number of nitrogens with zero attached hydrogens (tertiary/aromatic N) is 2. The zero-order valence-corrected chi connectivity index (χ0v) is 25.5. The number of hydrogen-bond acceptors (Lipinski definition) is 8. The Morgan fingerprint density at radius 2 is 1.93 bits per heavy atom. The zero-order chi connectivity index (χ0) is 31.1. The van der Waals surface area contributed by atoms with Gasteiger partial charge in [-0.3, -0.25) is 14.5 Å². The molecule has 0 spiro atoms. The molecule has 0 bridgehead atoms. The largest absolute Gasteiger partial charge is 0.416 e. The van der Waals surface area contributed by atoms with E-state index in [4.69, 9.17) is 10.5 Å². The van der Waals surface area contributed by atoms with Crippen molar-refractivity contribution in [2.45, 2.75) is 65.7 Å². The van der Waals surface area contributed by atoms with E-state index in [1.54, 1.807) is 12.3 Å². The molecular weight excluding hydrogens is 567 g/mol. The molecule has 0 radical (unpaired) electrons. The van der Waals surface area contributed by atoms with E-state index in [9.17, 15) is 22.8 Å². The van der Waals surface area contributed by atoms with Crippen molar-refractivity contribution >= 4 is 28.7 Å². The van der Waals surface area contributed by atoms with E-state index < -0.39 is 17.6 Å². The van der Waals surface area contributed by atoms with Gasteiger partial charge < -0.3 is 21.1 Å². The van der Waals surface area contributed by atoms with Crippen LogP contribution in [0.4, 0.5) is 18.3 Å². The molecule has 4 rings (SSSR count). The summed E-state index contributed by atoms with van der Waals surface area (Å²) in [6, 6.07) is 4.30. The average molecular weight is 610 g/mol. The molecule has 1 aromatic heterocycles. The first-order valence-corrected chi connectivity index (χ1v) is 15.0. The number of amides is 1. The fraction of sp³-hybridized carbons (Fsp3) is 0.500. The van der Waals surface area contributed by atoms with E-state index in [0.29, 0.717) is 42.9 Å². The van der Waals surface area contributed by atoms with E-state index in [-0.39, 0.29) is 24.2 Å². The third-order valence-electron chi connectivity index (χ3n) is 6.72. The van der Waals surface area contributed by atoms with Crippen LogP contribution in [-0.2, 0) is 17.5 Å². The van der Waals surface area contributed by atoms with Crippen molar-refractivity contribution in [3.63, 3.8) is 0 Å². The van der Waals surface area contributed by atoms with Crippen LogP contribution in [0.3, 0.4) is 0 Å². The van der Waals surface area contributed by atoms with Crippen molar-refractivity contribution in [1.29, 1.82) is 0 Å². The molecule has 8 nitrogen and oxygen atoms in total. The smallest absolute Gasteiger partial charge is 0.399 e. The van der Waals surface area contributed by atoms with Gasteiger partial charge in [-0.2, -0.15) is 13.2 Å². The second-order valence-electron chi connectivity index (χ2n) is 9.56. The number of benzene rings is 1. The summed E-state index contributed by atoms with van der Waals surface area (Å²) in [4.78, 5) is 29.3. The second kappa shape index (κ2) is 17.7. The van der Waals surface area contributed by atoms with E-state index >= 15 is 0 Å². The summed E-state index contributed by atoms with van der Waals surface area (Å²) in [5.74, 6) is -0.578. The molecule has 1 aliphatic heterocycles. The van der Waals surface area contributed by atoms with E-state index in [1.807, 2.05) is 38.7 Å². The van der Waals surface area contributed by atoms with Gasteiger partial charge in [0, 0.05) is 43.5 Å². The third kappa shape index (κ3) is 11.2. The standard InChI is InChI=1S/C20H26F3N3O2.C8H10N2OS.C2H6/c1-3-14(2)18(24)6-7-25-19(27)15-4-5-16(17(12-15)20(21,22)23)13-26-8-10-28-11-9-26;11-5-7-4-9-8(12-7)10-6-2-1-3-6;1-2/h3-6,12H,7-11,13,24H2,1-2H3,(H,25,27);4-6H,1-3H2,(H,9,10);1-2H3/b14-3-,18-6+;;. The molecule has 232 valence electrons. The minimum absolute atomic E-state index is 0.0345. The Balaban J connectivity index is 0.000000363. The summed E-state index contributed by atoms with van der Waals surface area (Å²) in [6.45, 7) is 10.1. The number of nitrogens with two attached hydrogens (primary N) is 1. The van der Waals surface area contributed by atoms with Crippen molar-refractivity contribution < 1.29 is 27.5 Å². The lowest BCUT2D eigenvalue weighted by atomic mass is 9.93. The Bertz CT molecular complexity index is 1200. The van der Waals surface area contributed by atoms with Gasteiger partial charge in [0.25, 0.3) is 5.91 Å². The van der Waals surface area contributed by atoms with Gasteiger partial charge in [0.05, 0.1) is 29.9 Å². The van der Waals surface area contributed by atoms with Crippen LogP contribution in [0.15, 0.2) is 47.8 Å². The van der Waals surface area contributed by atoms with Crippen molar-refractivity contribution in [3.05, 3.63) is 69.4 Å². The number of thiazole rings is 1. The lowest BCUT2D eigenvalue weighted by Gasteiger charge is -2.27. The zero-order valence-electron chi connectivity index (χ0n) is 24.7. The molecule has 0 unspecified atom stereocenters. The Morgan fingerprint density at radius 1 is 1.24 bits per heavy atom. The maximum Gasteiger partial charge on any atom is 0.416 e. The maximum absolute atomic E-state index is 13.5. The van der Waals surface area contributed by atoms with Crippen LogP contribution in [0, 0.1) is 0 Å². The number of anilines is 1. The number of allylic oxidation sites excluding steroid dienone is 2. The molecule has 1 saturated heterocycles. The van der Waals surface area contributed by atoms with Crippen LogP contribution in [0.2, 0.25) is 0 Å². The molecule has 42 heavy (non-hydrogen) atoms. The summed E-state index contributed by atoms with van der Waals surface area (Å²) < 4.78 is 45.8. The lowest BCUT2D eigenvalue weighted by molar-refractivity contribution is -0.138. The normalized spacial score (nSPS) is 16.3. The van der Waals surface area contributed by atoms with Crippen molar-refractivity contribution in [1.82, 2.24) is 15.2 Å². The Hall–Kier alpha value is -3.22. The highest BCUT2D eigenvalue weighted by atomic mass is 32.1. The summed E-state index contributed by atoms with van der Waals surface area (Å²) in [5.41, 5.74) is 6.53. The van der Waals surface area contributed by atoms with Gasteiger partial charge in [-0.05, 0) is 62.5 Å². The minimum Gasteiger partial charge on any atom is -0.399 e. The molecule has 2 aliphatic rings. The number of rotatable bonds is 9. The highest BCUT2D eigenvalue weighted by Crippen LogP contribution is 2.33. The Morgan fingerprint density at radius 3 is 2.48 bits per heavy atom. The Kier molecular flexibility index (Phi) is 14.7. The predicted octanol–water partition coefficient (Wildman–Crippen LogP) is 6.02. The molecule has 1 amide bonds. The first-order chi connectivity index (χ1) is 20.1. The molecule has 1 aliphatic carbocycles. The molecule has 0 atom stereocenters. The molecule has 12 heteroatoms. The third-order valence-corrected chi connectivity index (χ3v) is 7.57. The number of carbonyl (C=O) groups excluding carboxylic acids is 2. The SMILES string of the molecule is C/C=C(C)\C(N)=C/CNC(=O)c1ccc(CN2CCOCC2)c(C(F)(F)F)c1.CC.O=Cc1cnc(NC2CCC2)s1. The second-order valence-corrected chi connectivity index (χ2v) is 10.6. The summed E-state index contributed by atoms with van der Waals surface area (Å²) in [6.07, 6.45) is 5.13. The summed E-state index contributed by atoms with van der Waals surface area (Å²) >= 11 is 1.42. The molecule has 1 saturated carbocycles. The number of aldehydes is 1. The van der Waals surface area contributed by atoms with Crippen LogP contribution in [0.1, 0.15) is 78.1 Å². The maximum atomic E-state index is 13.5. The molecular formula is C30H42F3N5O3S. The van der Waals surface area contributed by atoms with Crippen molar-refractivity contribution in [3.8, 4) is 0 Å².